The van der Waals surface area contributed by atoms with Gasteiger partial charge in [0.05, 0.1) is 33.8 Å². The zero-order valence-electron chi connectivity index (χ0n) is 49.0. The van der Waals surface area contributed by atoms with Crippen molar-refractivity contribution < 1.29 is 37.3 Å². The number of likely N-dealkylation sites (N-methyl/N-ethyl adjacent to an activating group) is 1. The summed E-state index contributed by atoms with van der Waals surface area (Å²) < 4.78 is 30.5. The van der Waals surface area contributed by atoms with E-state index in [2.05, 4.69) is 117 Å². The molecule has 75 heavy (non-hydrogen) atoms. The standard InChI is InChI=1S/C65H113N2O7P/c1-7-10-13-16-19-22-25-27-28-29-30-31-32-33-34-35-36-37-38-40-42-45-48-51-54-57-64(68)66-62(61-73-75(70,71)72-60-59-67(4,5)6)63(56-53-50-47-44-41-24-21-18-15-12-9-3)74-65(69)58-55-52-49-46-43-39-26-23-20-17-14-11-8-2/h10,13,19,22,27-28,30-31,33-34,36-37,39,43,49,52-53,56,62-63H,7-9,11-12,14-18,20-21,23-26,29,32,35,38,40-42,44-48,50-51,54-55,57-61H2,1-6H3,(H-,66,68,70,71)/p+1/b13-10-,22-19-,28-27-,31-30-,34-33-,37-36-,43-39-,52-49+,56-53-. The first-order chi connectivity index (χ1) is 36.4. The normalized spacial score (nSPS) is 14.5. The lowest BCUT2D eigenvalue weighted by Gasteiger charge is -2.27. The van der Waals surface area contributed by atoms with Crippen molar-refractivity contribution in [2.24, 2.45) is 0 Å². The molecule has 10 heteroatoms. The molecule has 0 aromatic rings. The predicted octanol–water partition coefficient (Wildman–Crippen LogP) is 18.6. The van der Waals surface area contributed by atoms with E-state index in [0.717, 1.165) is 116 Å². The Kier molecular flexibility index (Phi) is 51.6. The lowest BCUT2D eigenvalue weighted by molar-refractivity contribution is -0.870. The minimum absolute atomic E-state index is 0.0241. The van der Waals surface area contributed by atoms with Crippen LogP contribution in [0.3, 0.4) is 0 Å². The number of carbonyl (C=O) groups is 2. The van der Waals surface area contributed by atoms with Gasteiger partial charge in [-0.15, -0.1) is 0 Å². The first kappa shape index (κ1) is 71.7. The van der Waals surface area contributed by atoms with Crippen LogP contribution in [0.4, 0.5) is 0 Å². The third-order valence-electron chi connectivity index (χ3n) is 12.7. The van der Waals surface area contributed by atoms with E-state index in [1.54, 1.807) is 0 Å². The molecule has 0 bridgehead atoms. The summed E-state index contributed by atoms with van der Waals surface area (Å²) >= 11 is 0. The van der Waals surface area contributed by atoms with Gasteiger partial charge in [0, 0.05) is 12.8 Å². The molecular weight excluding hydrogens is 952 g/mol. The molecule has 0 heterocycles. The van der Waals surface area contributed by atoms with Crippen LogP contribution in [0.5, 0.6) is 0 Å². The van der Waals surface area contributed by atoms with Crippen LogP contribution in [0.1, 0.15) is 239 Å². The third-order valence-corrected chi connectivity index (χ3v) is 13.7. The van der Waals surface area contributed by atoms with E-state index in [9.17, 15) is 19.0 Å². The number of nitrogens with zero attached hydrogens (tertiary/aromatic N) is 1. The number of nitrogens with one attached hydrogen (secondary N) is 1. The van der Waals surface area contributed by atoms with Gasteiger partial charge in [-0.05, 0) is 102 Å². The fraction of sp³-hybridized carbons (Fsp3) is 0.692. The number of rotatable bonds is 53. The lowest BCUT2D eigenvalue weighted by Crippen LogP contribution is -2.47. The topological polar surface area (TPSA) is 111 Å². The second-order valence-electron chi connectivity index (χ2n) is 21.1. The van der Waals surface area contributed by atoms with Crippen molar-refractivity contribution in [3.8, 4) is 0 Å². The summed E-state index contributed by atoms with van der Waals surface area (Å²) in [6.07, 6.45) is 73.9. The van der Waals surface area contributed by atoms with Crippen molar-refractivity contribution in [2.45, 2.75) is 251 Å². The van der Waals surface area contributed by atoms with Crippen molar-refractivity contribution in [2.75, 3.05) is 40.9 Å². The molecule has 1 amide bonds. The van der Waals surface area contributed by atoms with Crippen LogP contribution < -0.4 is 5.32 Å². The van der Waals surface area contributed by atoms with E-state index < -0.39 is 25.9 Å². The summed E-state index contributed by atoms with van der Waals surface area (Å²) in [7, 11) is 1.44. The second-order valence-corrected chi connectivity index (χ2v) is 22.6. The average molecular weight is 1070 g/mol. The number of carbonyl (C=O) groups excluding carboxylic acids is 2. The maximum Gasteiger partial charge on any atom is 0.472 e. The molecule has 2 N–H and O–H groups in total. The molecule has 430 valence electrons. The van der Waals surface area contributed by atoms with Gasteiger partial charge in [-0.3, -0.25) is 18.6 Å². The molecule has 0 saturated heterocycles. The Morgan fingerprint density at radius 2 is 0.867 bits per heavy atom. The Bertz CT molecular complexity index is 1650. The predicted molar refractivity (Wildman–Crippen MR) is 323 cm³/mol. The van der Waals surface area contributed by atoms with E-state index in [1.807, 2.05) is 39.4 Å². The van der Waals surface area contributed by atoms with Crippen LogP contribution in [-0.2, 0) is 27.9 Å². The van der Waals surface area contributed by atoms with E-state index in [4.69, 9.17) is 13.8 Å². The van der Waals surface area contributed by atoms with E-state index >= 15 is 0 Å². The van der Waals surface area contributed by atoms with Crippen molar-refractivity contribution in [3.05, 3.63) is 109 Å². The third kappa shape index (κ3) is 55.2. The van der Waals surface area contributed by atoms with Crippen LogP contribution in [0.25, 0.3) is 0 Å². The highest BCUT2D eigenvalue weighted by Crippen LogP contribution is 2.43. The Morgan fingerprint density at radius 3 is 1.31 bits per heavy atom. The molecule has 0 aliphatic carbocycles. The number of phosphoric ester groups is 1. The number of amides is 1. The average Bonchev–Trinajstić information content (AvgIpc) is 3.37. The van der Waals surface area contributed by atoms with Crippen LogP contribution in [0, 0.1) is 0 Å². The van der Waals surface area contributed by atoms with Crippen LogP contribution in [0.15, 0.2) is 109 Å². The quantitative estimate of drug-likeness (QED) is 0.0205. The van der Waals surface area contributed by atoms with Gasteiger partial charge in [0.2, 0.25) is 5.91 Å². The van der Waals surface area contributed by atoms with Gasteiger partial charge in [-0.1, -0.05) is 233 Å². The summed E-state index contributed by atoms with van der Waals surface area (Å²) in [6, 6.07) is -0.885. The molecule has 0 spiro atoms. The van der Waals surface area contributed by atoms with E-state index in [1.165, 1.54) is 83.5 Å². The maximum absolute atomic E-state index is 13.5. The van der Waals surface area contributed by atoms with Crippen LogP contribution in [0.2, 0.25) is 0 Å². The number of hydrogen-bond acceptors (Lipinski definition) is 6. The Morgan fingerprint density at radius 1 is 0.480 bits per heavy atom. The van der Waals surface area contributed by atoms with Gasteiger partial charge < -0.3 is 19.4 Å². The molecule has 0 aromatic carbocycles. The minimum Gasteiger partial charge on any atom is -0.456 e. The van der Waals surface area contributed by atoms with Crippen LogP contribution >= 0.6 is 7.82 Å². The zero-order valence-corrected chi connectivity index (χ0v) is 49.9. The second kappa shape index (κ2) is 54.0. The molecule has 0 radical (unpaired) electrons. The number of phosphoric acid groups is 1. The number of quaternary nitrogens is 1. The first-order valence-corrected chi connectivity index (χ1v) is 31.7. The van der Waals surface area contributed by atoms with Gasteiger partial charge in [0.15, 0.2) is 0 Å². The molecule has 3 atom stereocenters. The molecule has 0 aliphatic heterocycles. The minimum atomic E-state index is -4.47. The smallest absolute Gasteiger partial charge is 0.456 e. The Labute approximate surface area is 461 Å². The number of unbranched alkanes of at least 4 members (excludes halogenated alkanes) is 21. The fourth-order valence-electron chi connectivity index (χ4n) is 8.05. The Hall–Kier alpha value is -3.33. The fourth-order valence-corrected chi connectivity index (χ4v) is 8.79. The largest absolute Gasteiger partial charge is 0.472 e. The lowest BCUT2D eigenvalue weighted by atomic mass is 10.1. The number of esters is 1. The molecule has 0 fully saturated rings. The molecule has 0 aromatic heterocycles. The molecule has 0 rings (SSSR count). The number of hydrogen-bond donors (Lipinski definition) is 2. The maximum atomic E-state index is 13.5. The van der Waals surface area contributed by atoms with Gasteiger partial charge >= 0.3 is 13.8 Å². The Balaban J connectivity index is 5.25. The van der Waals surface area contributed by atoms with Crippen molar-refractivity contribution in [3.63, 3.8) is 0 Å². The highest BCUT2D eigenvalue weighted by Gasteiger charge is 2.30. The molecular formula is C65H114N2O7P+. The number of ether oxygens (including phenoxy) is 1. The molecule has 0 saturated carbocycles. The van der Waals surface area contributed by atoms with Crippen molar-refractivity contribution in [1.29, 1.82) is 0 Å². The monoisotopic (exact) mass is 1070 g/mol. The van der Waals surface area contributed by atoms with Crippen molar-refractivity contribution >= 4 is 19.7 Å². The summed E-state index contributed by atoms with van der Waals surface area (Å²) in [5.41, 5.74) is 0. The summed E-state index contributed by atoms with van der Waals surface area (Å²) in [5.74, 6) is -0.608. The SMILES string of the molecule is CC/C=C\C/C=C\C/C=C\C/C=C\C/C=C\C/C=C\CCCCCCCCC(=O)NC(COP(=O)(O)OCC[N+](C)(C)C)C(/C=C\CCCCCCCCCCC)OC(=O)CC/C=C/C/C=C\CCCCCCCC. The van der Waals surface area contributed by atoms with Crippen molar-refractivity contribution in [1.82, 2.24) is 5.32 Å². The van der Waals surface area contributed by atoms with Gasteiger partial charge in [0.1, 0.15) is 19.3 Å². The zero-order chi connectivity index (χ0) is 55.0. The summed E-state index contributed by atoms with van der Waals surface area (Å²) in [6.45, 7) is 6.82. The van der Waals surface area contributed by atoms with E-state index in [-0.39, 0.29) is 25.5 Å². The highest BCUT2D eigenvalue weighted by molar-refractivity contribution is 7.47. The molecule has 9 nitrogen and oxygen atoms in total. The van der Waals surface area contributed by atoms with Gasteiger partial charge in [-0.25, -0.2) is 4.57 Å². The van der Waals surface area contributed by atoms with E-state index in [0.29, 0.717) is 23.9 Å². The first-order valence-electron chi connectivity index (χ1n) is 30.2. The summed E-state index contributed by atoms with van der Waals surface area (Å²) in [5, 5.41) is 3.02. The summed E-state index contributed by atoms with van der Waals surface area (Å²) in [4.78, 5) is 37.6. The molecule has 3 unspecified atom stereocenters. The molecule has 0 aliphatic rings. The number of allylic oxidation sites excluding steroid dienone is 17. The van der Waals surface area contributed by atoms with Gasteiger partial charge in [0.25, 0.3) is 0 Å². The van der Waals surface area contributed by atoms with Gasteiger partial charge in [-0.2, -0.15) is 0 Å². The highest BCUT2D eigenvalue weighted by atomic mass is 31.2. The van der Waals surface area contributed by atoms with Crippen LogP contribution in [-0.4, -0.2) is 74.3 Å².